The number of nitrogens with one attached hydrogen (secondary N) is 1. The summed E-state index contributed by atoms with van der Waals surface area (Å²) in [6.07, 6.45) is 4.46. The van der Waals surface area contributed by atoms with Gasteiger partial charge in [0.15, 0.2) is 0 Å². The van der Waals surface area contributed by atoms with Gasteiger partial charge in [-0.1, -0.05) is 13.8 Å². The molecule has 1 fully saturated rings. The molecule has 1 N–H and O–H groups in total. The number of aryl methyl sites for hydroxylation is 1. The van der Waals surface area contributed by atoms with Gasteiger partial charge >= 0.3 is 0 Å². The van der Waals surface area contributed by atoms with Gasteiger partial charge in [-0.15, -0.1) is 0 Å². The lowest BCUT2D eigenvalue weighted by Gasteiger charge is -2.40. The highest BCUT2D eigenvalue weighted by Crippen LogP contribution is 2.32. The second-order valence-corrected chi connectivity index (χ2v) is 6.71. The van der Waals surface area contributed by atoms with E-state index in [4.69, 9.17) is 4.42 Å². The maximum absolute atomic E-state index is 5.38. The molecule has 1 aliphatic heterocycles. The molecule has 2 heterocycles. The van der Waals surface area contributed by atoms with Crippen molar-refractivity contribution in [3.63, 3.8) is 0 Å². The van der Waals surface area contributed by atoms with Gasteiger partial charge in [0.05, 0.1) is 6.26 Å². The quantitative estimate of drug-likeness (QED) is 0.886. The first-order valence-electron chi connectivity index (χ1n) is 7.41. The van der Waals surface area contributed by atoms with E-state index in [1.54, 1.807) is 6.26 Å². The van der Waals surface area contributed by atoms with E-state index in [0.717, 1.165) is 24.8 Å². The fourth-order valence-electron chi connectivity index (χ4n) is 3.27. The molecule has 0 aromatic carbocycles. The van der Waals surface area contributed by atoms with E-state index in [2.05, 4.69) is 37.2 Å². The van der Waals surface area contributed by atoms with E-state index in [-0.39, 0.29) is 0 Å². The standard InChI is InChI=1S/C16H28N2O/c1-13-14(7-9-19-13)11-18(4)12-16(2,3)15-6-5-8-17-10-15/h7,9,15,17H,5-6,8,10-12H2,1-4H3. The van der Waals surface area contributed by atoms with E-state index in [0.29, 0.717) is 5.41 Å². The summed E-state index contributed by atoms with van der Waals surface area (Å²) in [7, 11) is 2.21. The summed E-state index contributed by atoms with van der Waals surface area (Å²) in [6.45, 7) is 11.3. The molecule has 1 atom stereocenters. The number of furan rings is 1. The molecule has 0 amide bonds. The first kappa shape index (κ1) is 14.6. The van der Waals surface area contributed by atoms with Gasteiger partial charge in [-0.25, -0.2) is 0 Å². The van der Waals surface area contributed by atoms with Crippen LogP contribution >= 0.6 is 0 Å². The molecule has 0 saturated carbocycles. The van der Waals surface area contributed by atoms with Crippen LogP contribution in [0, 0.1) is 18.3 Å². The SMILES string of the molecule is Cc1occc1CN(C)CC(C)(C)C1CCCNC1. The molecule has 3 heteroatoms. The zero-order chi connectivity index (χ0) is 13.9. The van der Waals surface area contributed by atoms with Crippen molar-refractivity contribution in [1.29, 1.82) is 0 Å². The van der Waals surface area contributed by atoms with Crippen LogP contribution < -0.4 is 5.32 Å². The fraction of sp³-hybridized carbons (Fsp3) is 0.750. The summed E-state index contributed by atoms with van der Waals surface area (Å²) in [5.41, 5.74) is 1.67. The lowest BCUT2D eigenvalue weighted by molar-refractivity contribution is 0.111. The van der Waals surface area contributed by atoms with Crippen LogP contribution in [-0.4, -0.2) is 31.6 Å². The summed E-state index contributed by atoms with van der Waals surface area (Å²) in [5.74, 6) is 1.83. The van der Waals surface area contributed by atoms with Gasteiger partial charge in [0, 0.05) is 18.7 Å². The molecule has 3 nitrogen and oxygen atoms in total. The zero-order valence-electron chi connectivity index (χ0n) is 12.8. The third-order valence-electron chi connectivity index (χ3n) is 4.49. The van der Waals surface area contributed by atoms with Gasteiger partial charge in [-0.2, -0.15) is 0 Å². The van der Waals surface area contributed by atoms with Crippen molar-refractivity contribution < 1.29 is 4.42 Å². The Kier molecular flexibility index (Phi) is 4.69. The highest BCUT2D eigenvalue weighted by molar-refractivity contribution is 5.15. The van der Waals surface area contributed by atoms with Crippen LogP contribution in [0.3, 0.4) is 0 Å². The van der Waals surface area contributed by atoms with Crippen LogP contribution in [0.5, 0.6) is 0 Å². The largest absolute Gasteiger partial charge is 0.469 e. The molecule has 0 aliphatic carbocycles. The Morgan fingerprint density at radius 2 is 2.26 bits per heavy atom. The van der Waals surface area contributed by atoms with Crippen molar-refractivity contribution in [3.8, 4) is 0 Å². The van der Waals surface area contributed by atoms with E-state index < -0.39 is 0 Å². The molecule has 19 heavy (non-hydrogen) atoms. The smallest absolute Gasteiger partial charge is 0.105 e. The maximum Gasteiger partial charge on any atom is 0.105 e. The second kappa shape index (κ2) is 6.10. The monoisotopic (exact) mass is 264 g/mol. The number of nitrogens with zero attached hydrogens (tertiary/aromatic N) is 1. The Labute approximate surface area is 117 Å². The van der Waals surface area contributed by atoms with Crippen LogP contribution in [-0.2, 0) is 6.54 Å². The maximum atomic E-state index is 5.38. The minimum absolute atomic E-state index is 0.361. The van der Waals surface area contributed by atoms with E-state index in [1.807, 2.05) is 6.92 Å². The Morgan fingerprint density at radius 3 is 2.84 bits per heavy atom. The van der Waals surface area contributed by atoms with Gasteiger partial charge in [0.1, 0.15) is 5.76 Å². The average Bonchev–Trinajstić information content (AvgIpc) is 2.75. The lowest BCUT2D eigenvalue weighted by atomic mass is 9.74. The molecule has 1 saturated heterocycles. The van der Waals surface area contributed by atoms with Gasteiger partial charge in [0.2, 0.25) is 0 Å². The number of rotatable bonds is 5. The van der Waals surface area contributed by atoms with Crippen molar-refractivity contribution in [1.82, 2.24) is 10.2 Å². The Morgan fingerprint density at radius 1 is 1.47 bits per heavy atom. The molecular formula is C16H28N2O. The van der Waals surface area contributed by atoms with Crippen molar-refractivity contribution in [3.05, 3.63) is 23.7 Å². The number of hydrogen-bond donors (Lipinski definition) is 1. The molecule has 0 spiro atoms. The van der Waals surface area contributed by atoms with E-state index in [9.17, 15) is 0 Å². The van der Waals surface area contributed by atoms with Crippen LogP contribution in [0.15, 0.2) is 16.7 Å². The highest BCUT2D eigenvalue weighted by atomic mass is 16.3. The summed E-state index contributed by atoms with van der Waals surface area (Å²) in [4.78, 5) is 2.42. The first-order valence-corrected chi connectivity index (χ1v) is 7.41. The third-order valence-corrected chi connectivity index (χ3v) is 4.49. The van der Waals surface area contributed by atoms with Crippen molar-refractivity contribution in [2.24, 2.45) is 11.3 Å². The number of hydrogen-bond acceptors (Lipinski definition) is 3. The topological polar surface area (TPSA) is 28.4 Å². The summed E-state index contributed by atoms with van der Waals surface area (Å²) in [5, 5.41) is 3.54. The zero-order valence-corrected chi connectivity index (χ0v) is 12.8. The predicted molar refractivity (Wildman–Crippen MR) is 79.2 cm³/mol. The summed E-state index contributed by atoms with van der Waals surface area (Å²) >= 11 is 0. The lowest BCUT2D eigenvalue weighted by Crippen LogP contribution is -2.43. The average molecular weight is 264 g/mol. The summed E-state index contributed by atoms with van der Waals surface area (Å²) in [6, 6.07) is 2.08. The molecule has 1 aromatic heterocycles. The van der Waals surface area contributed by atoms with E-state index in [1.165, 1.54) is 31.5 Å². The summed E-state index contributed by atoms with van der Waals surface area (Å²) < 4.78 is 5.38. The Balaban J connectivity index is 1.89. The van der Waals surface area contributed by atoms with Gasteiger partial charge in [-0.05, 0) is 57.3 Å². The normalized spacial score (nSPS) is 21.0. The van der Waals surface area contributed by atoms with Crippen LogP contribution in [0.4, 0.5) is 0 Å². The minimum atomic E-state index is 0.361. The predicted octanol–water partition coefficient (Wildman–Crippen LogP) is 3.05. The minimum Gasteiger partial charge on any atom is -0.469 e. The molecule has 1 unspecified atom stereocenters. The number of piperidine rings is 1. The molecule has 2 rings (SSSR count). The molecule has 0 radical (unpaired) electrons. The third kappa shape index (κ3) is 3.83. The molecule has 0 bridgehead atoms. The molecular weight excluding hydrogens is 236 g/mol. The van der Waals surface area contributed by atoms with Crippen molar-refractivity contribution >= 4 is 0 Å². The van der Waals surface area contributed by atoms with Crippen molar-refractivity contribution in [2.45, 2.75) is 40.2 Å². The van der Waals surface area contributed by atoms with Gasteiger partial charge < -0.3 is 14.6 Å². The van der Waals surface area contributed by atoms with Crippen molar-refractivity contribution in [2.75, 3.05) is 26.7 Å². The van der Waals surface area contributed by atoms with Crippen LogP contribution in [0.25, 0.3) is 0 Å². The molecule has 1 aromatic rings. The second-order valence-electron chi connectivity index (χ2n) is 6.71. The van der Waals surface area contributed by atoms with Gasteiger partial charge in [-0.3, -0.25) is 0 Å². The Hall–Kier alpha value is -0.800. The molecule has 108 valence electrons. The van der Waals surface area contributed by atoms with Gasteiger partial charge in [0.25, 0.3) is 0 Å². The highest BCUT2D eigenvalue weighted by Gasteiger charge is 2.31. The fourth-order valence-corrected chi connectivity index (χ4v) is 3.27. The first-order chi connectivity index (χ1) is 8.99. The van der Waals surface area contributed by atoms with E-state index >= 15 is 0 Å². The van der Waals surface area contributed by atoms with Crippen LogP contribution in [0.1, 0.15) is 38.0 Å². The van der Waals surface area contributed by atoms with Crippen LogP contribution in [0.2, 0.25) is 0 Å². The molecule has 1 aliphatic rings. The Bertz CT molecular complexity index is 391.